The van der Waals surface area contributed by atoms with Crippen LogP contribution in [0.15, 0.2) is 0 Å². The minimum absolute atomic E-state index is 0. The molecule has 19 heavy (non-hydrogen) atoms. The van der Waals surface area contributed by atoms with Crippen LogP contribution in [-0.4, -0.2) is 37.2 Å². The Morgan fingerprint density at radius 3 is 2.32 bits per heavy atom. The van der Waals surface area contributed by atoms with Gasteiger partial charge in [0, 0.05) is 0 Å². The Balaban J connectivity index is 0.000000576. The molecule has 0 aromatic heterocycles. The number of carbonyl (C=O) groups is 1. The van der Waals surface area contributed by atoms with E-state index in [4.69, 9.17) is 4.74 Å². The maximum Gasteiger partial charge on any atom is 1.00 e. The number of halogens is 3. The standard InChI is InChI=1S/C11H18NO2.BF3.K/c1-11(2,3)14-10(13)12-5-4-8-6-9(8)7-12;2-1(3)4;/h9H,4-7H2,1-3H3;;/q-1;;+1. The van der Waals surface area contributed by atoms with Crippen LogP contribution in [0.2, 0.25) is 0 Å². The number of carbonyl (C=O) groups excluding carboxylic acids is 1. The first-order valence-electron chi connectivity index (χ1n) is 5.94. The molecule has 1 saturated heterocycles. The third-order valence-corrected chi connectivity index (χ3v) is 2.72. The molecule has 2 aliphatic rings. The summed E-state index contributed by atoms with van der Waals surface area (Å²) in [6, 6.07) is 0. The Hall–Kier alpha value is 0.761. The van der Waals surface area contributed by atoms with Crippen LogP contribution in [0.25, 0.3) is 0 Å². The second-order valence-electron chi connectivity index (χ2n) is 5.48. The summed E-state index contributed by atoms with van der Waals surface area (Å²) in [5.41, 5.74) is -0.370. The molecule has 8 heteroatoms. The minimum atomic E-state index is -3.67. The SMILES string of the molecule is CC(C)(C)OC(=O)N1CC[C-]2CC2C1.FB(F)F.[K+]. The van der Waals surface area contributed by atoms with Crippen LogP contribution >= 0.6 is 0 Å². The summed E-state index contributed by atoms with van der Waals surface area (Å²) < 4.78 is 34.3. The predicted octanol–water partition coefficient (Wildman–Crippen LogP) is 0.105. The van der Waals surface area contributed by atoms with Crippen molar-refractivity contribution in [3.63, 3.8) is 0 Å². The Kier molecular flexibility index (Phi) is 8.60. The molecule has 1 amide bonds. The molecule has 1 aliphatic carbocycles. The second kappa shape index (κ2) is 8.26. The third-order valence-electron chi connectivity index (χ3n) is 2.72. The van der Waals surface area contributed by atoms with Gasteiger partial charge in [-0.1, -0.05) is 0 Å². The monoisotopic (exact) mass is 303 g/mol. The van der Waals surface area contributed by atoms with E-state index in [0.29, 0.717) is 5.92 Å². The van der Waals surface area contributed by atoms with Crippen molar-refractivity contribution < 1.29 is 73.9 Å². The molecular formula is C11H18BF3KNO2. The fraction of sp³-hybridized carbons (Fsp3) is 0.818. The van der Waals surface area contributed by atoms with Crippen molar-refractivity contribution >= 4 is 13.6 Å². The van der Waals surface area contributed by atoms with Crippen LogP contribution in [0, 0.1) is 11.8 Å². The Bertz CT molecular complexity index is 299. The van der Waals surface area contributed by atoms with Crippen molar-refractivity contribution in [1.29, 1.82) is 0 Å². The number of nitrogens with zero attached hydrogens (tertiary/aromatic N) is 1. The quantitative estimate of drug-likeness (QED) is 0.469. The Morgan fingerprint density at radius 2 is 1.89 bits per heavy atom. The number of piperidine rings is 1. The molecule has 1 atom stereocenters. The number of fused-ring (bicyclic) bond motifs is 1. The first-order valence-corrected chi connectivity index (χ1v) is 5.94. The molecule has 0 aromatic rings. The maximum atomic E-state index is 11.7. The van der Waals surface area contributed by atoms with Crippen molar-refractivity contribution in [2.75, 3.05) is 13.1 Å². The van der Waals surface area contributed by atoms with E-state index in [-0.39, 0.29) is 63.1 Å². The zero-order valence-electron chi connectivity index (χ0n) is 11.9. The minimum Gasteiger partial charge on any atom is -0.444 e. The Labute approximate surface area is 155 Å². The largest absolute Gasteiger partial charge is 1.00 e. The molecule has 0 N–H and O–H groups in total. The van der Waals surface area contributed by atoms with E-state index in [1.165, 1.54) is 6.42 Å². The average molecular weight is 303 g/mol. The molecular weight excluding hydrogens is 285 g/mol. The van der Waals surface area contributed by atoms with E-state index in [9.17, 15) is 17.7 Å². The summed E-state index contributed by atoms with van der Waals surface area (Å²) >= 11 is 0. The van der Waals surface area contributed by atoms with Gasteiger partial charge in [0.25, 0.3) is 0 Å². The van der Waals surface area contributed by atoms with Crippen LogP contribution in [-0.2, 0) is 4.74 Å². The Morgan fingerprint density at radius 1 is 1.37 bits per heavy atom. The molecule has 0 radical (unpaired) electrons. The van der Waals surface area contributed by atoms with Crippen molar-refractivity contribution in [2.45, 2.75) is 39.2 Å². The van der Waals surface area contributed by atoms with Gasteiger partial charge in [-0.25, -0.2) is 4.79 Å². The van der Waals surface area contributed by atoms with E-state index in [1.54, 1.807) is 5.92 Å². The van der Waals surface area contributed by atoms with Crippen molar-refractivity contribution in [3.8, 4) is 0 Å². The summed E-state index contributed by atoms with van der Waals surface area (Å²) in [7, 11) is -3.67. The second-order valence-corrected chi connectivity index (χ2v) is 5.48. The maximum absolute atomic E-state index is 11.7. The van der Waals surface area contributed by atoms with Gasteiger partial charge in [0.05, 0.1) is 0 Å². The first-order chi connectivity index (χ1) is 8.19. The van der Waals surface area contributed by atoms with Gasteiger partial charge in [-0.3, -0.25) is 12.9 Å². The molecule has 1 aliphatic heterocycles. The topological polar surface area (TPSA) is 29.5 Å². The molecule has 2 fully saturated rings. The fourth-order valence-corrected chi connectivity index (χ4v) is 1.89. The molecule has 0 bridgehead atoms. The third kappa shape index (κ3) is 8.60. The van der Waals surface area contributed by atoms with E-state index >= 15 is 0 Å². The molecule has 0 spiro atoms. The number of hydrogen-bond donors (Lipinski definition) is 0. The zero-order valence-corrected chi connectivity index (χ0v) is 15.0. The molecule has 0 aromatic carbocycles. The molecule has 3 nitrogen and oxygen atoms in total. The van der Waals surface area contributed by atoms with Crippen LogP contribution in [0.4, 0.5) is 17.7 Å². The van der Waals surface area contributed by atoms with Gasteiger partial charge in [0.15, 0.2) is 0 Å². The van der Waals surface area contributed by atoms with E-state index < -0.39 is 7.54 Å². The first kappa shape index (κ1) is 19.8. The molecule has 1 heterocycles. The van der Waals surface area contributed by atoms with Gasteiger partial charge >= 0.3 is 65.0 Å². The number of amides is 1. The van der Waals surface area contributed by atoms with E-state index in [0.717, 1.165) is 19.5 Å². The number of rotatable bonds is 0. The molecule has 1 unspecified atom stereocenters. The summed E-state index contributed by atoms with van der Waals surface area (Å²) in [6.07, 6.45) is 2.17. The fourth-order valence-electron chi connectivity index (χ4n) is 1.89. The molecule has 1 saturated carbocycles. The smallest absolute Gasteiger partial charge is 0.444 e. The summed E-state index contributed by atoms with van der Waals surface area (Å²) in [5.74, 6) is 2.33. The van der Waals surface area contributed by atoms with Gasteiger partial charge in [-0.05, 0) is 33.9 Å². The van der Waals surface area contributed by atoms with Gasteiger partial charge in [0.2, 0.25) is 0 Å². The normalized spacial score (nSPS) is 21.4. The van der Waals surface area contributed by atoms with Crippen LogP contribution in [0.3, 0.4) is 0 Å². The molecule has 104 valence electrons. The van der Waals surface area contributed by atoms with Crippen LogP contribution < -0.4 is 51.4 Å². The summed E-state index contributed by atoms with van der Waals surface area (Å²) in [6.45, 7) is 7.45. The van der Waals surface area contributed by atoms with Crippen LogP contribution in [0.5, 0.6) is 0 Å². The number of likely N-dealkylation sites (tertiary alicyclic amines) is 1. The number of ether oxygens (including phenoxy) is 1. The van der Waals surface area contributed by atoms with Crippen molar-refractivity contribution in [3.05, 3.63) is 5.92 Å². The van der Waals surface area contributed by atoms with Crippen molar-refractivity contribution in [1.82, 2.24) is 4.90 Å². The van der Waals surface area contributed by atoms with Crippen molar-refractivity contribution in [2.24, 2.45) is 5.92 Å². The van der Waals surface area contributed by atoms with E-state index in [2.05, 4.69) is 0 Å². The number of hydrogen-bond acceptors (Lipinski definition) is 2. The summed E-state index contributed by atoms with van der Waals surface area (Å²) in [4.78, 5) is 13.5. The van der Waals surface area contributed by atoms with E-state index in [1.807, 2.05) is 25.7 Å². The zero-order chi connectivity index (χ0) is 13.9. The van der Waals surface area contributed by atoms with Gasteiger partial charge < -0.3 is 15.6 Å². The molecule has 2 rings (SSSR count). The van der Waals surface area contributed by atoms with Crippen LogP contribution in [0.1, 0.15) is 33.6 Å². The predicted molar refractivity (Wildman–Crippen MR) is 62.9 cm³/mol. The summed E-state index contributed by atoms with van der Waals surface area (Å²) in [5, 5.41) is 0. The van der Waals surface area contributed by atoms with Gasteiger partial charge in [-0.15, -0.1) is 0 Å². The van der Waals surface area contributed by atoms with Gasteiger partial charge in [-0.2, -0.15) is 18.8 Å². The average Bonchev–Trinajstić information content (AvgIpc) is 2.90. The van der Waals surface area contributed by atoms with Gasteiger partial charge in [0.1, 0.15) is 5.60 Å².